The van der Waals surface area contributed by atoms with Crippen molar-refractivity contribution in [2.24, 2.45) is 0 Å². The number of halogens is 1. The molecule has 0 bridgehead atoms. The molecule has 0 saturated carbocycles. The van der Waals surface area contributed by atoms with Gasteiger partial charge in [-0.3, -0.25) is 0 Å². The first-order valence-corrected chi connectivity index (χ1v) is 10.6. The van der Waals surface area contributed by atoms with Crippen LogP contribution in [0.3, 0.4) is 0 Å². The molecule has 3 aromatic rings. The van der Waals surface area contributed by atoms with E-state index < -0.39 is 23.5 Å². The highest BCUT2D eigenvalue weighted by Gasteiger charge is 2.11. The van der Waals surface area contributed by atoms with Gasteiger partial charge in [0.05, 0.1) is 0 Å². The number of hydrogen-bond acceptors (Lipinski definition) is 7. The molecule has 0 spiro atoms. The summed E-state index contributed by atoms with van der Waals surface area (Å²) in [5.74, 6) is -1.19. The second-order valence-electron chi connectivity index (χ2n) is 7.60. The Morgan fingerprint density at radius 1 is 0.971 bits per heavy atom. The summed E-state index contributed by atoms with van der Waals surface area (Å²) in [5, 5.41) is 18.0. The van der Waals surface area contributed by atoms with E-state index in [0.29, 0.717) is 5.75 Å². The molecule has 0 aromatic heterocycles. The Bertz CT molecular complexity index is 1190. The number of aliphatic carboxylic acids is 1. The predicted molar refractivity (Wildman–Crippen MR) is 124 cm³/mol. The third-order valence-electron chi connectivity index (χ3n) is 4.93. The van der Waals surface area contributed by atoms with Crippen LogP contribution in [0.2, 0.25) is 0 Å². The fourth-order valence-electron chi connectivity index (χ4n) is 3.54. The molecule has 0 aliphatic rings. The second-order valence-corrected chi connectivity index (χ2v) is 7.60. The van der Waals surface area contributed by atoms with Crippen molar-refractivity contribution in [2.45, 2.75) is 20.5 Å². The monoisotopic (exact) mass is 485 g/mol. The molecular formula is C25H24FNO8. The minimum absolute atomic E-state index is 0.0548. The number of carboxylic acid groups (broad SMARTS) is 1. The van der Waals surface area contributed by atoms with E-state index in [4.69, 9.17) is 19.3 Å². The van der Waals surface area contributed by atoms with Crippen molar-refractivity contribution in [3.63, 3.8) is 0 Å². The lowest BCUT2D eigenvalue weighted by Gasteiger charge is -2.15. The SMILES string of the molecule is Cc1cc(OCCO[N+](=O)[O-])cc(C)c1-c1cccc(COc2ccc(OCC(=O)O)c(F)c2)c1. The molecule has 9 nitrogen and oxygen atoms in total. The number of carboxylic acids is 1. The molecule has 0 aliphatic carbocycles. The maximum absolute atomic E-state index is 14.1. The van der Waals surface area contributed by atoms with Gasteiger partial charge in [-0.05, 0) is 72.0 Å². The van der Waals surface area contributed by atoms with Gasteiger partial charge >= 0.3 is 5.97 Å². The van der Waals surface area contributed by atoms with Gasteiger partial charge in [0.15, 0.2) is 18.2 Å². The number of benzene rings is 3. The Kier molecular flexibility index (Phi) is 8.44. The van der Waals surface area contributed by atoms with Gasteiger partial charge < -0.3 is 24.2 Å². The minimum Gasteiger partial charge on any atom is -0.492 e. The normalized spacial score (nSPS) is 10.5. The Morgan fingerprint density at radius 3 is 2.37 bits per heavy atom. The first-order chi connectivity index (χ1) is 16.7. The third-order valence-corrected chi connectivity index (χ3v) is 4.93. The Balaban J connectivity index is 1.67. The molecule has 0 amide bonds. The average molecular weight is 485 g/mol. The summed E-state index contributed by atoms with van der Waals surface area (Å²) in [7, 11) is 0. The van der Waals surface area contributed by atoms with Gasteiger partial charge in [0.2, 0.25) is 0 Å². The maximum atomic E-state index is 14.1. The van der Waals surface area contributed by atoms with Crippen molar-refractivity contribution in [3.05, 3.63) is 87.2 Å². The molecule has 0 fully saturated rings. The van der Waals surface area contributed by atoms with Crippen molar-refractivity contribution in [2.75, 3.05) is 19.8 Å². The molecule has 0 radical (unpaired) electrons. The topological polar surface area (TPSA) is 117 Å². The van der Waals surface area contributed by atoms with Crippen LogP contribution >= 0.6 is 0 Å². The molecule has 3 aromatic carbocycles. The second kappa shape index (κ2) is 11.7. The summed E-state index contributed by atoms with van der Waals surface area (Å²) in [6.45, 7) is 3.35. The van der Waals surface area contributed by atoms with E-state index in [-0.39, 0.29) is 31.3 Å². The molecule has 0 heterocycles. The van der Waals surface area contributed by atoms with Crippen LogP contribution < -0.4 is 14.2 Å². The first-order valence-electron chi connectivity index (χ1n) is 10.6. The number of rotatable bonds is 12. The van der Waals surface area contributed by atoms with E-state index in [1.165, 1.54) is 12.1 Å². The van der Waals surface area contributed by atoms with Gasteiger partial charge in [-0.25, -0.2) is 9.18 Å². The zero-order valence-electron chi connectivity index (χ0n) is 19.2. The molecule has 0 aliphatic heterocycles. The molecule has 1 N–H and O–H groups in total. The Hall–Kier alpha value is -4.34. The van der Waals surface area contributed by atoms with Crippen LogP contribution in [0.4, 0.5) is 4.39 Å². The smallest absolute Gasteiger partial charge is 0.341 e. The largest absolute Gasteiger partial charge is 0.492 e. The van der Waals surface area contributed by atoms with Crippen molar-refractivity contribution < 1.29 is 38.4 Å². The van der Waals surface area contributed by atoms with Gasteiger partial charge in [-0.1, -0.05) is 18.2 Å². The number of carbonyl (C=O) groups is 1. The van der Waals surface area contributed by atoms with Gasteiger partial charge in [0.1, 0.15) is 31.3 Å². The van der Waals surface area contributed by atoms with E-state index in [1.807, 2.05) is 50.2 Å². The zero-order valence-corrected chi connectivity index (χ0v) is 19.2. The summed E-state index contributed by atoms with van der Waals surface area (Å²) in [6.07, 6.45) is 0. The van der Waals surface area contributed by atoms with Crippen LogP contribution in [0, 0.1) is 29.8 Å². The minimum atomic E-state index is -1.19. The zero-order chi connectivity index (χ0) is 25.4. The summed E-state index contributed by atoms with van der Waals surface area (Å²) < 4.78 is 30.2. The van der Waals surface area contributed by atoms with Gasteiger partial charge in [-0.2, -0.15) is 0 Å². The number of hydrogen-bond donors (Lipinski definition) is 1. The van der Waals surface area contributed by atoms with Crippen LogP contribution in [0.5, 0.6) is 17.2 Å². The Morgan fingerprint density at radius 2 is 1.71 bits per heavy atom. The van der Waals surface area contributed by atoms with E-state index in [1.54, 1.807) is 0 Å². The third kappa shape index (κ3) is 7.32. The van der Waals surface area contributed by atoms with Gasteiger partial charge in [-0.15, -0.1) is 10.1 Å². The van der Waals surface area contributed by atoms with E-state index >= 15 is 0 Å². The summed E-state index contributed by atoms with van der Waals surface area (Å²) in [4.78, 5) is 25.1. The molecular weight excluding hydrogens is 461 g/mol. The molecule has 184 valence electrons. The van der Waals surface area contributed by atoms with Crippen molar-refractivity contribution in [1.29, 1.82) is 0 Å². The van der Waals surface area contributed by atoms with Crippen LogP contribution in [0.25, 0.3) is 11.1 Å². The summed E-state index contributed by atoms with van der Waals surface area (Å²) in [5.41, 5.74) is 4.78. The first kappa shape index (κ1) is 25.3. The molecule has 35 heavy (non-hydrogen) atoms. The van der Waals surface area contributed by atoms with Gasteiger partial charge in [0.25, 0.3) is 5.09 Å². The average Bonchev–Trinajstić information content (AvgIpc) is 2.79. The Labute approximate surface area is 200 Å². The number of nitrogens with zero attached hydrogens (tertiary/aromatic N) is 1. The predicted octanol–water partition coefficient (Wildman–Crippen LogP) is 4.74. The lowest BCUT2D eigenvalue weighted by molar-refractivity contribution is -0.757. The van der Waals surface area contributed by atoms with Gasteiger partial charge in [0, 0.05) is 6.07 Å². The van der Waals surface area contributed by atoms with E-state index in [0.717, 1.165) is 33.9 Å². The highest BCUT2D eigenvalue weighted by atomic mass is 19.1. The van der Waals surface area contributed by atoms with Crippen LogP contribution in [0.15, 0.2) is 54.6 Å². The maximum Gasteiger partial charge on any atom is 0.341 e. The van der Waals surface area contributed by atoms with Crippen LogP contribution in [-0.4, -0.2) is 36.0 Å². The van der Waals surface area contributed by atoms with Crippen LogP contribution in [0.1, 0.15) is 16.7 Å². The summed E-state index contributed by atoms with van der Waals surface area (Å²) >= 11 is 0. The number of aryl methyl sites for hydroxylation is 2. The highest BCUT2D eigenvalue weighted by molar-refractivity contribution is 5.72. The van der Waals surface area contributed by atoms with Crippen LogP contribution in [-0.2, 0) is 16.2 Å². The lowest BCUT2D eigenvalue weighted by Crippen LogP contribution is -2.10. The molecule has 0 saturated heterocycles. The van der Waals surface area contributed by atoms with E-state index in [2.05, 4.69) is 4.84 Å². The number of ether oxygens (including phenoxy) is 3. The molecule has 10 heteroatoms. The fraction of sp³-hybridized carbons (Fsp3) is 0.240. The molecule has 3 rings (SSSR count). The highest BCUT2D eigenvalue weighted by Crippen LogP contribution is 2.32. The van der Waals surface area contributed by atoms with Crippen molar-refractivity contribution in [3.8, 4) is 28.4 Å². The fourth-order valence-corrected chi connectivity index (χ4v) is 3.54. The van der Waals surface area contributed by atoms with Crippen molar-refractivity contribution >= 4 is 5.97 Å². The quantitative estimate of drug-likeness (QED) is 0.222. The molecule has 0 unspecified atom stereocenters. The van der Waals surface area contributed by atoms with E-state index in [9.17, 15) is 19.3 Å². The lowest BCUT2D eigenvalue weighted by atomic mass is 9.94. The van der Waals surface area contributed by atoms with Crippen molar-refractivity contribution in [1.82, 2.24) is 0 Å². The molecule has 0 atom stereocenters. The summed E-state index contributed by atoms with van der Waals surface area (Å²) in [6, 6.07) is 15.4. The standard InChI is InChI=1S/C25H24FNO8/c1-16-10-21(32-8-9-35-27(30)31)11-17(2)25(16)19-5-3-4-18(12-19)14-33-20-6-7-23(22(26)13-20)34-15-24(28)29/h3-7,10-13H,8-9,14-15H2,1-2H3,(H,28,29).